The second kappa shape index (κ2) is 9.43. The Labute approximate surface area is 182 Å². The molecular formula is C23H31N3O3S. The number of benzene rings is 1. The molecule has 2 aliphatic rings. The van der Waals surface area contributed by atoms with E-state index in [9.17, 15) is 9.59 Å². The molecule has 1 aromatic heterocycles. The predicted octanol–water partition coefficient (Wildman–Crippen LogP) is 3.67. The van der Waals surface area contributed by atoms with E-state index in [1.165, 1.54) is 9.71 Å². The molecule has 0 radical (unpaired) electrons. The Morgan fingerprint density at radius 2 is 1.83 bits per heavy atom. The maximum atomic E-state index is 13.0. The van der Waals surface area contributed by atoms with E-state index in [4.69, 9.17) is 9.72 Å². The summed E-state index contributed by atoms with van der Waals surface area (Å²) in [5.74, 6) is 0.500. The third kappa shape index (κ3) is 4.52. The van der Waals surface area contributed by atoms with Crippen molar-refractivity contribution in [3.8, 4) is 0 Å². The quantitative estimate of drug-likeness (QED) is 0.679. The van der Waals surface area contributed by atoms with Crippen molar-refractivity contribution >= 4 is 33.4 Å². The zero-order valence-corrected chi connectivity index (χ0v) is 18.7. The van der Waals surface area contributed by atoms with E-state index in [-0.39, 0.29) is 23.8 Å². The molecule has 2 aliphatic heterocycles. The molecule has 0 aliphatic carbocycles. The summed E-state index contributed by atoms with van der Waals surface area (Å²) in [6.45, 7) is 7.42. The molecule has 7 heteroatoms. The summed E-state index contributed by atoms with van der Waals surface area (Å²) in [5.41, 5.74) is 1.09. The molecule has 1 amide bonds. The van der Waals surface area contributed by atoms with Crippen molar-refractivity contribution in [3.05, 3.63) is 29.3 Å². The number of rotatable bonds is 5. The molecule has 0 bridgehead atoms. The lowest BCUT2D eigenvalue weighted by atomic mass is 9.95. The molecule has 30 heavy (non-hydrogen) atoms. The number of ether oxygens (including phenoxy) is 1. The Bertz CT molecular complexity index is 850. The van der Waals surface area contributed by atoms with Crippen LogP contribution >= 0.6 is 11.3 Å². The van der Waals surface area contributed by atoms with E-state index in [1.807, 2.05) is 24.8 Å². The van der Waals surface area contributed by atoms with Crippen molar-refractivity contribution in [1.29, 1.82) is 0 Å². The maximum absolute atomic E-state index is 13.0. The summed E-state index contributed by atoms with van der Waals surface area (Å²) in [5, 5.41) is 1.23. The van der Waals surface area contributed by atoms with Crippen molar-refractivity contribution < 1.29 is 14.3 Å². The highest BCUT2D eigenvalue weighted by atomic mass is 32.1. The van der Waals surface area contributed by atoms with Gasteiger partial charge in [0.1, 0.15) is 0 Å². The van der Waals surface area contributed by atoms with E-state index in [2.05, 4.69) is 23.1 Å². The van der Waals surface area contributed by atoms with E-state index < -0.39 is 0 Å². The Hall–Kier alpha value is -1.99. The van der Waals surface area contributed by atoms with E-state index in [0.717, 1.165) is 31.4 Å². The monoisotopic (exact) mass is 429 g/mol. The first-order chi connectivity index (χ1) is 14.6. The molecule has 1 atom stereocenters. The lowest BCUT2D eigenvalue weighted by molar-refractivity contribution is -0.152. The van der Waals surface area contributed by atoms with Gasteiger partial charge in [-0.3, -0.25) is 14.5 Å². The van der Waals surface area contributed by atoms with Gasteiger partial charge in [0, 0.05) is 19.0 Å². The van der Waals surface area contributed by atoms with E-state index >= 15 is 0 Å². The fourth-order valence-corrected chi connectivity index (χ4v) is 5.75. The summed E-state index contributed by atoms with van der Waals surface area (Å²) in [6, 6.07) is 8.21. The summed E-state index contributed by atoms with van der Waals surface area (Å²) < 4.78 is 6.38. The number of aromatic nitrogens is 1. The minimum atomic E-state index is -0.116. The number of nitrogens with zero attached hydrogens (tertiary/aromatic N) is 3. The number of hydrogen-bond acceptors (Lipinski definition) is 6. The summed E-state index contributed by atoms with van der Waals surface area (Å²) in [7, 11) is 0. The highest BCUT2D eigenvalue weighted by molar-refractivity contribution is 7.18. The van der Waals surface area contributed by atoms with E-state index in [0.29, 0.717) is 38.5 Å². The molecule has 2 saturated heterocycles. The molecule has 4 rings (SSSR count). The van der Waals surface area contributed by atoms with Crippen molar-refractivity contribution in [3.63, 3.8) is 0 Å². The van der Waals surface area contributed by atoms with Gasteiger partial charge in [-0.2, -0.15) is 0 Å². The number of esters is 1. The van der Waals surface area contributed by atoms with Crippen molar-refractivity contribution in [2.45, 2.75) is 51.5 Å². The largest absolute Gasteiger partial charge is 0.466 e. The third-order valence-electron chi connectivity index (χ3n) is 6.52. The van der Waals surface area contributed by atoms with Gasteiger partial charge in [-0.1, -0.05) is 12.1 Å². The highest BCUT2D eigenvalue weighted by Gasteiger charge is 2.34. The number of para-hydroxylation sites is 1. The number of fused-ring (bicyclic) bond motifs is 1. The van der Waals surface area contributed by atoms with Crippen molar-refractivity contribution in [2.24, 2.45) is 5.92 Å². The molecular weight excluding hydrogens is 398 g/mol. The molecule has 2 fully saturated rings. The molecule has 0 unspecified atom stereocenters. The summed E-state index contributed by atoms with van der Waals surface area (Å²) >= 11 is 1.81. The first kappa shape index (κ1) is 21.2. The predicted molar refractivity (Wildman–Crippen MR) is 119 cm³/mol. The lowest BCUT2D eigenvalue weighted by Crippen LogP contribution is -2.51. The van der Waals surface area contributed by atoms with Crippen LogP contribution in [0, 0.1) is 5.92 Å². The van der Waals surface area contributed by atoms with Gasteiger partial charge in [0.15, 0.2) is 0 Å². The fraction of sp³-hybridized carbons (Fsp3) is 0.609. The zero-order valence-electron chi connectivity index (χ0n) is 17.9. The van der Waals surface area contributed by atoms with Gasteiger partial charge in [0.2, 0.25) is 5.91 Å². The fourth-order valence-electron chi connectivity index (χ4n) is 4.61. The average molecular weight is 430 g/mol. The number of hydrogen-bond donors (Lipinski definition) is 0. The van der Waals surface area contributed by atoms with Gasteiger partial charge in [0.05, 0.1) is 33.8 Å². The topological polar surface area (TPSA) is 62.7 Å². The van der Waals surface area contributed by atoms with Crippen molar-refractivity contribution in [2.75, 3.05) is 32.8 Å². The SMILES string of the molecule is CCOC(=O)C1CCN(C(=O)[C@H](C)N2CCC(c3nc4ccccc4s3)CC2)CC1. The first-order valence-corrected chi connectivity index (χ1v) is 11.9. The van der Waals surface area contributed by atoms with Gasteiger partial charge >= 0.3 is 5.97 Å². The lowest BCUT2D eigenvalue weighted by Gasteiger charge is -2.38. The minimum Gasteiger partial charge on any atom is -0.466 e. The molecule has 0 spiro atoms. The highest BCUT2D eigenvalue weighted by Crippen LogP contribution is 2.34. The van der Waals surface area contributed by atoms with Gasteiger partial charge < -0.3 is 9.64 Å². The third-order valence-corrected chi connectivity index (χ3v) is 7.72. The molecule has 0 N–H and O–H groups in total. The molecule has 162 valence electrons. The van der Waals surface area contributed by atoms with Gasteiger partial charge in [-0.25, -0.2) is 4.98 Å². The van der Waals surface area contributed by atoms with Crippen LogP contribution in [0.15, 0.2) is 24.3 Å². The van der Waals surface area contributed by atoms with Crippen LogP contribution in [-0.2, 0) is 14.3 Å². The number of thiazole rings is 1. The van der Waals surface area contributed by atoms with Crippen LogP contribution in [0.4, 0.5) is 0 Å². The van der Waals surface area contributed by atoms with Crippen molar-refractivity contribution in [1.82, 2.24) is 14.8 Å². The first-order valence-electron chi connectivity index (χ1n) is 11.1. The van der Waals surface area contributed by atoms with Crippen LogP contribution in [0.5, 0.6) is 0 Å². The Balaban J connectivity index is 1.28. The Morgan fingerprint density at radius 3 is 2.50 bits per heavy atom. The summed E-state index contributed by atoms with van der Waals surface area (Å²) in [6.07, 6.45) is 3.50. The number of carbonyl (C=O) groups excluding carboxylic acids is 2. The van der Waals surface area contributed by atoms with Crippen LogP contribution in [0.25, 0.3) is 10.2 Å². The van der Waals surface area contributed by atoms with Gasteiger partial charge in [-0.05, 0) is 64.8 Å². The van der Waals surface area contributed by atoms with Gasteiger partial charge in [-0.15, -0.1) is 11.3 Å². The molecule has 3 heterocycles. The number of likely N-dealkylation sites (tertiary alicyclic amines) is 2. The summed E-state index contributed by atoms with van der Waals surface area (Å²) in [4.78, 5) is 34.0. The Kier molecular flexibility index (Phi) is 6.68. The molecule has 1 aromatic carbocycles. The minimum absolute atomic E-state index is 0.0612. The van der Waals surface area contributed by atoms with Crippen LogP contribution < -0.4 is 0 Å². The van der Waals surface area contributed by atoms with Crippen LogP contribution in [0.3, 0.4) is 0 Å². The van der Waals surface area contributed by atoms with Gasteiger partial charge in [0.25, 0.3) is 0 Å². The number of amides is 1. The zero-order chi connectivity index (χ0) is 21.1. The molecule has 6 nitrogen and oxygen atoms in total. The van der Waals surface area contributed by atoms with Crippen LogP contribution in [-0.4, -0.2) is 65.5 Å². The second-order valence-corrected chi connectivity index (χ2v) is 9.42. The van der Waals surface area contributed by atoms with Crippen LogP contribution in [0.1, 0.15) is 50.5 Å². The molecule has 0 saturated carbocycles. The number of carbonyl (C=O) groups is 2. The smallest absolute Gasteiger partial charge is 0.309 e. The number of piperidine rings is 2. The maximum Gasteiger partial charge on any atom is 0.309 e. The standard InChI is InChI=1S/C23H31N3O3S/c1-3-29-23(28)18-10-14-26(15-11-18)22(27)16(2)25-12-8-17(9-13-25)21-24-19-6-4-5-7-20(19)30-21/h4-7,16-18H,3,8-15H2,1-2H3/t16-/m0/s1. The second-order valence-electron chi connectivity index (χ2n) is 8.36. The van der Waals surface area contributed by atoms with E-state index in [1.54, 1.807) is 11.3 Å². The average Bonchev–Trinajstić information content (AvgIpc) is 3.23. The molecule has 2 aromatic rings. The Morgan fingerprint density at radius 1 is 1.13 bits per heavy atom. The van der Waals surface area contributed by atoms with Crippen LogP contribution in [0.2, 0.25) is 0 Å². The normalized spacial score (nSPS) is 20.4.